The topological polar surface area (TPSA) is 86.5 Å². The second-order valence-corrected chi connectivity index (χ2v) is 4.30. The first-order valence-corrected chi connectivity index (χ1v) is 6.05. The fraction of sp³-hybridized carbons (Fsp3) is 0.385. The summed E-state index contributed by atoms with van der Waals surface area (Å²) < 4.78 is 5.44. The first-order chi connectivity index (χ1) is 9.07. The third-order valence-corrected chi connectivity index (χ3v) is 3.00. The monoisotopic (exact) mass is 263 g/mol. The van der Waals surface area contributed by atoms with Crippen LogP contribution in [0, 0.1) is 10.1 Å². The van der Waals surface area contributed by atoms with E-state index in [9.17, 15) is 19.7 Å². The van der Waals surface area contributed by atoms with Gasteiger partial charge < -0.3 is 4.74 Å². The lowest BCUT2D eigenvalue weighted by molar-refractivity contribution is -0.488. The first kappa shape index (κ1) is 13.2. The Bertz CT molecular complexity index is 552. The summed E-state index contributed by atoms with van der Waals surface area (Å²) in [5.41, 5.74) is 0.131. The summed E-state index contributed by atoms with van der Waals surface area (Å²) in [4.78, 5) is 33.7. The van der Waals surface area contributed by atoms with E-state index in [0.29, 0.717) is 6.61 Å². The van der Waals surface area contributed by atoms with Crippen molar-refractivity contribution in [3.63, 3.8) is 0 Å². The van der Waals surface area contributed by atoms with Gasteiger partial charge >= 0.3 is 6.04 Å². The summed E-state index contributed by atoms with van der Waals surface area (Å²) >= 11 is 0. The van der Waals surface area contributed by atoms with Crippen molar-refractivity contribution >= 4 is 11.6 Å². The minimum absolute atomic E-state index is 0.0466. The van der Waals surface area contributed by atoms with E-state index < -0.39 is 22.5 Å². The number of Topliss-reactive ketones (excluding diaryl/α,β-unsaturated/α-hetero) is 2. The van der Waals surface area contributed by atoms with Crippen LogP contribution in [0.15, 0.2) is 18.2 Å². The maximum absolute atomic E-state index is 12.0. The van der Waals surface area contributed by atoms with Gasteiger partial charge in [0.2, 0.25) is 11.6 Å². The minimum Gasteiger partial charge on any atom is -0.493 e. The highest BCUT2D eigenvalue weighted by Crippen LogP contribution is 2.31. The van der Waals surface area contributed by atoms with Gasteiger partial charge in [-0.2, -0.15) is 0 Å². The maximum Gasteiger partial charge on any atom is 0.336 e. The van der Waals surface area contributed by atoms with Crippen molar-refractivity contribution in [2.45, 2.75) is 25.8 Å². The Balaban J connectivity index is 2.36. The molecule has 0 saturated heterocycles. The molecule has 0 saturated carbocycles. The standard InChI is InChI=1S/C13H13NO5/c1-2-3-7-19-9-6-4-5-8-10(9)13(16)11(12(8)15)14(17)18/h4-6,11H,2-3,7H2,1H3/t11-/m0/s1. The molecule has 19 heavy (non-hydrogen) atoms. The van der Waals surface area contributed by atoms with Gasteiger partial charge in [-0.05, 0) is 12.5 Å². The summed E-state index contributed by atoms with van der Waals surface area (Å²) in [6.45, 7) is 2.41. The van der Waals surface area contributed by atoms with Crippen LogP contribution in [0.1, 0.15) is 40.5 Å². The van der Waals surface area contributed by atoms with Crippen LogP contribution in [0.3, 0.4) is 0 Å². The van der Waals surface area contributed by atoms with E-state index in [1.165, 1.54) is 6.07 Å². The van der Waals surface area contributed by atoms with Crippen molar-refractivity contribution in [1.29, 1.82) is 0 Å². The number of rotatable bonds is 5. The maximum atomic E-state index is 12.0. The zero-order chi connectivity index (χ0) is 14.0. The summed E-state index contributed by atoms with van der Waals surface area (Å²) in [7, 11) is 0. The Labute approximate surface area is 109 Å². The van der Waals surface area contributed by atoms with Gasteiger partial charge in [0.05, 0.1) is 12.2 Å². The second-order valence-electron chi connectivity index (χ2n) is 4.30. The lowest BCUT2D eigenvalue weighted by atomic mass is 10.1. The Morgan fingerprint density at radius 1 is 1.32 bits per heavy atom. The van der Waals surface area contributed by atoms with E-state index in [1.54, 1.807) is 12.1 Å². The number of hydrogen-bond acceptors (Lipinski definition) is 5. The van der Waals surface area contributed by atoms with Gasteiger partial charge in [-0.3, -0.25) is 19.7 Å². The predicted octanol–water partition coefficient (Wildman–Crippen LogP) is 1.89. The van der Waals surface area contributed by atoms with E-state index in [-0.39, 0.29) is 16.9 Å². The second kappa shape index (κ2) is 5.17. The number of nitrogens with zero attached hydrogens (tertiary/aromatic N) is 1. The van der Waals surface area contributed by atoms with Crippen molar-refractivity contribution in [2.75, 3.05) is 6.61 Å². The molecule has 2 rings (SSSR count). The Kier molecular flexibility index (Phi) is 3.59. The van der Waals surface area contributed by atoms with Gasteiger partial charge in [0.15, 0.2) is 0 Å². The van der Waals surface area contributed by atoms with Crippen molar-refractivity contribution in [3.05, 3.63) is 39.4 Å². The van der Waals surface area contributed by atoms with Crippen molar-refractivity contribution < 1.29 is 19.2 Å². The number of ether oxygens (including phenoxy) is 1. The van der Waals surface area contributed by atoms with Gasteiger partial charge in [-0.15, -0.1) is 0 Å². The molecule has 0 bridgehead atoms. The highest BCUT2D eigenvalue weighted by Gasteiger charge is 2.49. The van der Waals surface area contributed by atoms with Crippen LogP contribution >= 0.6 is 0 Å². The highest BCUT2D eigenvalue weighted by molar-refractivity contribution is 6.29. The molecule has 1 aliphatic carbocycles. The molecule has 1 aliphatic rings. The third-order valence-electron chi connectivity index (χ3n) is 3.00. The van der Waals surface area contributed by atoms with Crippen molar-refractivity contribution in [2.24, 2.45) is 0 Å². The summed E-state index contributed by atoms with van der Waals surface area (Å²) in [6.07, 6.45) is 1.74. The molecule has 100 valence electrons. The van der Waals surface area contributed by atoms with Gasteiger partial charge in [0.25, 0.3) is 0 Å². The average molecular weight is 263 g/mol. The fourth-order valence-electron chi connectivity index (χ4n) is 2.03. The zero-order valence-electron chi connectivity index (χ0n) is 10.4. The lowest BCUT2D eigenvalue weighted by Gasteiger charge is -2.08. The third kappa shape index (κ3) is 2.21. The molecule has 0 unspecified atom stereocenters. The highest BCUT2D eigenvalue weighted by atomic mass is 16.6. The van der Waals surface area contributed by atoms with E-state index in [1.807, 2.05) is 6.92 Å². The molecule has 0 heterocycles. The molecular formula is C13H13NO5. The Hall–Kier alpha value is -2.24. The van der Waals surface area contributed by atoms with Crippen molar-refractivity contribution in [1.82, 2.24) is 0 Å². The van der Waals surface area contributed by atoms with Gasteiger partial charge in [0.1, 0.15) is 5.75 Å². The zero-order valence-corrected chi connectivity index (χ0v) is 10.4. The number of carbonyl (C=O) groups is 2. The molecule has 0 aliphatic heterocycles. The van der Waals surface area contributed by atoms with Gasteiger partial charge in [0, 0.05) is 10.5 Å². The van der Waals surface area contributed by atoms with Crippen LogP contribution in [0.4, 0.5) is 0 Å². The van der Waals surface area contributed by atoms with Crippen LogP contribution < -0.4 is 4.74 Å². The molecule has 1 aromatic rings. The molecular weight excluding hydrogens is 250 g/mol. The van der Waals surface area contributed by atoms with Gasteiger partial charge in [-0.1, -0.05) is 25.5 Å². The molecule has 1 aromatic carbocycles. The lowest BCUT2D eigenvalue weighted by Crippen LogP contribution is -2.31. The quantitative estimate of drug-likeness (QED) is 0.350. The molecule has 0 N–H and O–H groups in total. The SMILES string of the molecule is CCCCOc1cccc2c1C(=O)[C@@H]([N+](=O)[O-])C2=O. The number of carbonyl (C=O) groups excluding carboxylic acids is 2. The molecule has 0 aromatic heterocycles. The fourth-order valence-corrected chi connectivity index (χ4v) is 2.03. The molecule has 0 fully saturated rings. The van der Waals surface area contributed by atoms with E-state index in [4.69, 9.17) is 4.74 Å². The summed E-state index contributed by atoms with van der Waals surface area (Å²) in [5, 5.41) is 10.8. The Morgan fingerprint density at radius 3 is 2.68 bits per heavy atom. The molecule has 6 nitrogen and oxygen atoms in total. The van der Waals surface area contributed by atoms with Crippen LogP contribution in [-0.2, 0) is 0 Å². The number of fused-ring (bicyclic) bond motifs is 1. The number of nitro groups is 1. The summed E-state index contributed by atoms with van der Waals surface area (Å²) in [6, 6.07) is 2.73. The van der Waals surface area contributed by atoms with Crippen molar-refractivity contribution in [3.8, 4) is 5.75 Å². The van der Waals surface area contributed by atoms with Crippen LogP contribution in [0.2, 0.25) is 0 Å². The molecule has 0 amide bonds. The number of ketones is 2. The van der Waals surface area contributed by atoms with E-state index in [2.05, 4.69) is 0 Å². The van der Waals surface area contributed by atoms with E-state index in [0.717, 1.165) is 12.8 Å². The van der Waals surface area contributed by atoms with Crippen LogP contribution in [0.25, 0.3) is 0 Å². The largest absolute Gasteiger partial charge is 0.493 e. The predicted molar refractivity (Wildman–Crippen MR) is 66.3 cm³/mol. The van der Waals surface area contributed by atoms with Gasteiger partial charge in [-0.25, -0.2) is 0 Å². The molecule has 1 atom stereocenters. The average Bonchev–Trinajstić information content (AvgIpc) is 2.63. The van der Waals surface area contributed by atoms with Crippen LogP contribution in [-0.4, -0.2) is 29.1 Å². The molecule has 6 heteroatoms. The molecule has 0 radical (unpaired) electrons. The number of hydrogen-bond donors (Lipinski definition) is 0. The number of benzene rings is 1. The first-order valence-electron chi connectivity index (χ1n) is 6.05. The summed E-state index contributed by atoms with van der Waals surface area (Å²) in [5.74, 6) is -1.28. The van der Waals surface area contributed by atoms with E-state index >= 15 is 0 Å². The van der Waals surface area contributed by atoms with Crippen LogP contribution in [0.5, 0.6) is 5.75 Å². The Morgan fingerprint density at radius 2 is 2.05 bits per heavy atom. The number of unbranched alkanes of at least 4 members (excludes halogenated alkanes) is 1. The minimum atomic E-state index is -1.81. The molecule has 0 spiro atoms. The normalized spacial score (nSPS) is 17.4. The smallest absolute Gasteiger partial charge is 0.336 e.